The van der Waals surface area contributed by atoms with Gasteiger partial charge in [0, 0.05) is 31.2 Å². The maximum atomic E-state index is 4.41. The van der Waals surface area contributed by atoms with Gasteiger partial charge < -0.3 is 5.32 Å². The summed E-state index contributed by atoms with van der Waals surface area (Å²) in [4.78, 5) is 7.05. The molecule has 2 heterocycles. The summed E-state index contributed by atoms with van der Waals surface area (Å²) in [6.45, 7) is 7.80. The van der Waals surface area contributed by atoms with Gasteiger partial charge in [-0.25, -0.2) is 4.98 Å². The Morgan fingerprint density at radius 2 is 2.10 bits per heavy atom. The smallest absolute Gasteiger partial charge is 0.140 e. The van der Waals surface area contributed by atoms with Crippen molar-refractivity contribution in [3.05, 3.63) is 12.2 Å². The molecule has 1 aliphatic carbocycles. The Labute approximate surface area is 121 Å². The van der Waals surface area contributed by atoms with Gasteiger partial charge in [0.05, 0.1) is 6.54 Å². The van der Waals surface area contributed by atoms with Gasteiger partial charge in [0.1, 0.15) is 12.2 Å². The highest BCUT2D eigenvalue weighted by atomic mass is 15.4. The van der Waals surface area contributed by atoms with E-state index >= 15 is 0 Å². The summed E-state index contributed by atoms with van der Waals surface area (Å²) in [6.07, 6.45) is 8.20. The number of aryl methyl sites for hydroxylation is 1. The lowest BCUT2D eigenvalue weighted by atomic mass is 9.85. The number of aromatic nitrogens is 3. The lowest BCUT2D eigenvalue weighted by molar-refractivity contribution is 0.00525. The lowest BCUT2D eigenvalue weighted by Gasteiger charge is -2.52. The van der Waals surface area contributed by atoms with Gasteiger partial charge in [-0.1, -0.05) is 19.8 Å². The van der Waals surface area contributed by atoms with Crippen LogP contribution in [0.5, 0.6) is 0 Å². The molecule has 0 aromatic carbocycles. The molecule has 1 aromatic rings. The first kappa shape index (κ1) is 14.0. The summed E-state index contributed by atoms with van der Waals surface area (Å²) in [7, 11) is 1.99. The fourth-order valence-electron chi connectivity index (χ4n) is 3.72. The molecule has 0 amide bonds. The van der Waals surface area contributed by atoms with E-state index in [1.54, 1.807) is 6.33 Å². The van der Waals surface area contributed by atoms with Gasteiger partial charge in [-0.3, -0.25) is 9.58 Å². The van der Waals surface area contributed by atoms with Gasteiger partial charge in [0.2, 0.25) is 0 Å². The van der Waals surface area contributed by atoms with Crippen molar-refractivity contribution < 1.29 is 0 Å². The molecule has 1 saturated heterocycles. The van der Waals surface area contributed by atoms with Crippen LogP contribution in [0, 0.1) is 0 Å². The van der Waals surface area contributed by atoms with Crippen LogP contribution in [-0.4, -0.2) is 43.8 Å². The number of hydrogen-bond donors (Lipinski definition) is 1. The van der Waals surface area contributed by atoms with Crippen LogP contribution < -0.4 is 5.32 Å². The van der Waals surface area contributed by atoms with E-state index in [9.17, 15) is 0 Å². The monoisotopic (exact) mass is 277 g/mol. The van der Waals surface area contributed by atoms with Crippen molar-refractivity contribution in [2.24, 2.45) is 7.05 Å². The van der Waals surface area contributed by atoms with Crippen molar-refractivity contribution in [1.82, 2.24) is 25.0 Å². The van der Waals surface area contributed by atoms with Crippen molar-refractivity contribution >= 4 is 0 Å². The predicted molar refractivity (Wildman–Crippen MR) is 79.3 cm³/mol. The molecule has 1 spiro atoms. The highest BCUT2D eigenvalue weighted by molar-refractivity contribution is 5.06. The van der Waals surface area contributed by atoms with E-state index in [0.717, 1.165) is 31.9 Å². The van der Waals surface area contributed by atoms with Gasteiger partial charge in [-0.05, 0) is 26.2 Å². The molecule has 1 unspecified atom stereocenters. The normalized spacial score (nSPS) is 30.1. The Kier molecular flexibility index (Phi) is 3.58. The van der Waals surface area contributed by atoms with Crippen LogP contribution in [0.4, 0.5) is 0 Å². The molecule has 1 atom stereocenters. The van der Waals surface area contributed by atoms with Gasteiger partial charge in [-0.2, -0.15) is 5.10 Å². The Hall–Kier alpha value is -0.940. The average Bonchev–Trinajstić information content (AvgIpc) is 3.05. The molecule has 3 rings (SSSR count). The zero-order chi connectivity index (χ0) is 14.2. The average molecular weight is 277 g/mol. The number of hydrogen-bond acceptors (Lipinski definition) is 4. The summed E-state index contributed by atoms with van der Waals surface area (Å²) in [5, 5.41) is 8.08. The van der Waals surface area contributed by atoms with Gasteiger partial charge in [-0.15, -0.1) is 0 Å². The second-order valence-corrected chi connectivity index (χ2v) is 6.85. The van der Waals surface area contributed by atoms with E-state index in [0.29, 0.717) is 5.54 Å². The maximum Gasteiger partial charge on any atom is 0.140 e. The summed E-state index contributed by atoms with van der Waals surface area (Å²) < 4.78 is 1.90. The highest BCUT2D eigenvalue weighted by Crippen LogP contribution is 2.37. The van der Waals surface area contributed by atoms with Crippen LogP contribution in [0.25, 0.3) is 0 Å². The SMILES string of the molecule is CCC1(C)CNC2(CCCC2)CN1Cc1ncnn1C. The van der Waals surface area contributed by atoms with Crippen LogP contribution in [0.2, 0.25) is 0 Å². The molecular weight excluding hydrogens is 250 g/mol. The van der Waals surface area contributed by atoms with Crippen molar-refractivity contribution in [1.29, 1.82) is 0 Å². The van der Waals surface area contributed by atoms with E-state index in [-0.39, 0.29) is 5.54 Å². The first-order valence-electron chi connectivity index (χ1n) is 7.90. The third-order valence-corrected chi connectivity index (χ3v) is 5.56. The van der Waals surface area contributed by atoms with Crippen LogP contribution in [0.3, 0.4) is 0 Å². The fraction of sp³-hybridized carbons (Fsp3) is 0.867. The van der Waals surface area contributed by atoms with E-state index in [2.05, 4.69) is 34.1 Å². The molecule has 2 aliphatic rings. The lowest BCUT2D eigenvalue weighted by Crippen LogP contribution is -2.67. The molecule has 0 radical (unpaired) electrons. The van der Waals surface area contributed by atoms with Gasteiger partial charge in [0.15, 0.2) is 0 Å². The first-order valence-corrected chi connectivity index (χ1v) is 7.90. The largest absolute Gasteiger partial charge is 0.308 e. The quantitative estimate of drug-likeness (QED) is 0.913. The third kappa shape index (κ3) is 2.37. The van der Waals surface area contributed by atoms with Crippen molar-refractivity contribution in [3.63, 3.8) is 0 Å². The van der Waals surface area contributed by atoms with Crippen LogP contribution >= 0.6 is 0 Å². The van der Waals surface area contributed by atoms with E-state index < -0.39 is 0 Å². The van der Waals surface area contributed by atoms with Crippen molar-refractivity contribution in [3.8, 4) is 0 Å². The molecule has 112 valence electrons. The zero-order valence-electron chi connectivity index (χ0n) is 13.0. The van der Waals surface area contributed by atoms with Crippen molar-refractivity contribution in [2.45, 2.75) is 63.6 Å². The third-order valence-electron chi connectivity index (χ3n) is 5.56. The topological polar surface area (TPSA) is 46.0 Å². The Balaban J connectivity index is 1.81. The summed E-state index contributed by atoms with van der Waals surface area (Å²) in [5.41, 5.74) is 0.576. The summed E-state index contributed by atoms with van der Waals surface area (Å²) in [5.74, 6) is 1.07. The Morgan fingerprint density at radius 1 is 1.35 bits per heavy atom. The molecular formula is C15H27N5. The highest BCUT2D eigenvalue weighted by Gasteiger charge is 2.45. The zero-order valence-corrected chi connectivity index (χ0v) is 13.0. The first-order chi connectivity index (χ1) is 9.57. The molecule has 1 N–H and O–H groups in total. The fourth-order valence-corrected chi connectivity index (χ4v) is 3.72. The molecule has 20 heavy (non-hydrogen) atoms. The molecule has 1 saturated carbocycles. The number of nitrogens with one attached hydrogen (secondary N) is 1. The van der Waals surface area contributed by atoms with E-state index in [4.69, 9.17) is 0 Å². The van der Waals surface area contributed by atoms with Crippen LogP contribution in [0.15, 0.2) is 6.33 Å². The van der Waals surface area contributed by atoms with E-state index in [1.165, 1.54) is 25.7 Å². The summed E-state index contributed by atoms with van der Waals surface area (Å²) in [6, 6.07) is 0. The minimum Gasteiger partial charge on any atom is -0.308 e. The second-order valence-electron chi connectivity index (χ2n) is 6.85. The van der Waals surface area contributed by atoms with Gasteiger partial charge in [0.25, 0.3) is 0 Å². The minimum atomic E-state index is 0.222. The molecule has 5 nitrogen and oxygen atoms in total. The number of nitrogens with zero attached hydrogens (tertiary/aromatic N) is 4. The maximum absolute atomic E-state index is 4.41. The van der Waals surface area contributed by atoms with Gasteiger partial charge >= 0.3 is 0 Å². The Morgan fingerprint density at radius 3 is 2.70 bits per heavy atom. The molecule has 5 heteroatoms. The second kappa shape index (κ2) is 5.11. The molecule has 1 aromatic heterocycles. The Bertz CT molecular complexity index is 463. The van der Waals surface area contributed by atoms with Crippen LogP contribution in [-0.2, 0) is 13.6 Å². The summed E-state index contributed by atoms with van der Waals surface area (Å²) >= 11 is 0. The predicted octanol–water partition coefficient (Wildman–Crippen LogP) is 1.70. The van der Waals surface area contributed by atoms with E-state index in [1.807, 2.05) is 11.7 Å². The number of rotatable bonds is 3. The number of piperazine rings is 1. The van der Waals surface area contributed by atoms with Crippen LogP contribution in [0.1, 0.15) is 51.8 Å². The standard InChI is InChI=1S/C15H27N5/c1-4-14(2)10-17-15(7-5-6-8-15)11-20(14)9-13-16-12-18-19(13)3/h12,17H,4-11H2,1-3H3. The van der Waals surface area contributed by atoms with Crippen molar-refractivity contribution in [2.75, 3.05) is 13.1 Å². The minimum absolute atomic E-state index is 0.222. The molecule has 0 bridgehead atoms. The molecule has 2 fully saturated rings. The molecule has 1 aliphatic heterocycles.